The Labute approximate surface area is 87.0 Å². The van der Waals surface area contributed by atoms with Crippen LogP contribution in [-0.2, 0) is 0 Å². The van der Waals surface area contributed by atoms with Gasteiger partial charge in [0.25, 0.3) is 0 Å². The number of aliphatic hydroxyl groups is 2. The fourth-order valence-electron chi connectivity index (χ4n) is 1.38. The smallest absolute Gasteiger partial charge is 0.138 e. The van der Waals surface area contributed by atoms with Gasteiger partial charge in [-0.2, -0.15) is 0 Å². The quantitative estimate of drug-likeness (QED) is 0.665. The molecule has 0 saturated heterocycles. The number of rotatable bonds is 4. The minimum absolute atomic E-state index is 0.243. The van der Waals surface area contributed by atoms with E-state index < -0.39 is 6.10 Å². The average molecular weight is 207 g/mol. The van der Waals surface area contributed by atoms with Gasteiger partial charge in [-0.15, -0.1) is 0 Å². The molecule has 0 aliphatic rings. The van der Waals surface area contributed by atoms with E-state index in [0.717, 1.165) is 11.5 Å². The van der Waals surface area contributed by atoms with Crippen LogP contribution in [0.25, 0.3) is 5.65 Å². The lowest BCUT2D eigenvalue weighted by atomic mass is 10.3. The van der Waals surface area contributed by atoms with E-state index in [9.17, 15) is 5.11 Å². The SMILES string of the molecule is OCC(O)CNc1cccc2nccn12. The molecule has 5 heteroatoms. The molecule has 80 valence electrons. The molecule has 3 N–H and O–H groups in total. The molecule has 0 spiro atoms. The molecule has 0 aliphatic carbocycles. The van der Waals surface area contributed by atoms with Crippen LogP contribution < -0.4 is 5.32 Å². The Morgan fingerprint density at radius 2 is 2.33 bits per heavy atom. The van der Waals surface area contributed by atoms with Gasteiger partial charge in [0.15, 0.2) is 0 Å². The minimum atomic E-state index is -0.747. The molecule has 2 aromatic rings. The number of hydrogen-bond acceptors (Lipinski definition) is 4. The molecule has 2 rings (SSSR count). The van der Waals surface area contributed by atoms with E-state index >= 15 is 0 Å². The van der Waals surface area contributed by atoms with Gasteiger partial charge in [-0.3, -0.25) is 4.40 Å². The van der Waals surface area contributed by atoms with E-state index in [4.69, 9.17) is 5.11 Å². The lowest BCUT2D eigenvalue weighted by molar-refractivity contribution is 0.105. The highest BCUT2D eigenvalue weighted by Crippen LogP contribution is 2.10. The van der Waals surface area contributed by atoms with E-state index in [1.165, 1.54) is 0 Å². The molecule has 0 radical (unpaired) electrons. The molecule has 0 aliphatic heterocycles. The highest BCUT2D eigenvalue weighted by Gasteiger charge is 2.03. The summed E-state index contributed by atoms with van der Waals surface area (Å²) in [4.78, 5) is 4.14. The van der Waals surface area contributed by atoms with Gasteiger partial charge in [0.1, 0.15) is 11.5 Å². The molecule has 0 aromatic carbocycles. The van der Waals surface area contributed by atoms with Crippen molar-refractivity contribution in [2.45, 2.75) is 6.10 Å². The fraction of sp³-hybridized carbons (Fsp3) is 0.300. The number of fused-ring (bicyclic) bond motifs is 1. The summed E-state index contributed by atoms with van der Waals surface area (Å²) in [5, 5.41) is 20.9. The van der Waals surface area contributed by atoms with Crippen LogP contribution >= 0.6 is 0 Å². The van der Waals surface area contributed by atoms with Gasteiger partial charge in [-0.25, -0.2) is 4.98 Å². The summed E-state index contributed by atoms with van der Waals surface area (Å²) in [6.45, 7) is 0.0701. The molecule has 2 aromatic heterocycles. The molecule has 1 atom stereocenters. The van der Waals surface area contributed by atoms with Crippen molar-refractivity contribution in [3.05, 3.63) is 30.6 Å². The molecule has 1 unspecified atom stereocenters. The Kier molecular flexibility index (Phi) is 2.84. The van der Waals surface area contributed by atoms with Crippen LogP contribution in [-0.4, -0.2) is 38.9 Å². The van der Waals surface area contributed by atoms with Gasteiger partial charge in [0, 0.05) is 18.9 Å². The minimum Gasteiger partial charge on any atom is -0.394 e. The van der Waals surface area contributed by atoms with Gasteiger partial charge >= 0.3 is 0 Å². The Morgan fingerprint density at radius 3 is 3.13 bits per heavy atom. The zero-order valence-electron chi connectivity index (χ0n) is 8.17. The van der Waals surface area contributed by atoms with Crippen molar-refractivity contribution >= 4 is 11.5 Å². The Bertz CT molecular complexity index is 441. The van der Waals surface area contributed by atoms with E-state index in [2.05, 4.69) is 10.3 Å². The molecule has 0 bridgehead atoms. The van der Waals surface area contributed by atoms with Crippen LogP contribution in [0.4, 0.5) is 5.82 Å². The predicted molar refractivity (Wildman–Crippen MR) is 56.8 cm³/mol. The molecule has 5 nitrogen and oxygen atoms in total. The first kappa shape index (κ1) is 9.95. The molecule has 0 saturated carbocycles. The van der Waals surface area contributed by atoms with Crippen molar-refractivity contribution in [3.8, 4) is 0 Å². The van der Waals surface area contributed by atoms with Crippen LogP contribution in [0.1, 0.15) is 0 Å². The maximum Gasteiger partial charge on any atom is 0.138 e. The summed E-state index contributed by atoms with van der Waals surface area (Å²) in [5.74, 6) is 0.845. The number of nitrogens with one attached hydrogen (secondary N) is 1. The zero-order valence-corrected chi connectivity index (χ0v) is 8.17. The van der Waals surface area contributed by atoms with Gasteiger partial charge in [-0.1, -0.05) is 6.07 Å². The lowest BCUT2D eigenvalue weighted by Gasteiger charge is -2.11. The van der Waals surface area contributed by atoms with Crippen molar-refractivity contribution in [2.24, 2.45) is 0 Å². The first-order valence-corrected chi connectivity index (χ1v) is 4.76. The summed E-state index contributed by atoms with van der Waals surface area (Å²) in [7, 11) is 0. The largest absolute Gasteiger partial charge is 0.394 e. The molecule has 0 fully saturated rings. The van der Waals surface area contributed by atoms with E-state index in [-0.39, 0.29) is 6.61 Å². The Balaban J connectivity index is 2.17. The first-order chi connectivity index (χ1) is 7.31. The van der Waals surface area contributed by atoms with Crippen molar-refractivity contribution in [1.82, 2.24) is 9.38 Å². The molecule has 15 heavy (non-hydrogen) atoms. The van der Waals surface area contributed by atoms with E-state index in [1.54, 1.807) is 6.20 Å². The second kappa shape index (κ2) is 4.29. The Hall–Kier alpha value is -1.59. The standard InChI is InChI=1S/C10H13N3O2/c14-7-8(15)6-12-10-3-1-2-9-11-4-5-13(9)10/h1-5,8,12,14-15H,6-7H2. The van der Waals surface area contributed by atoms with Crippen LogP contribution in [0.2, 0.25) is 0 Å². The third-order valence-electron chi connectivity index (χ3n) is 2.16. The highest BCUT2D eigenvalue weighted by atomic mass is 16.3. The van der Waals surface area contributed by atoms with Crippen LogP contribution in [0.15, 0.2) is 30.6 Å². The van der Waals surface area contributed by atoms with Gasteiger partial charge in [-0.05, 0) is 12.1 Å². The van der Waals surface area contributed by atoms with Gasteiger partial charge in [0.05, 0.1) is 12.7 Å². The summed E-state index contributed by atoms with van der Waals surface area (Å²) >= 11 is 0. The predicted octanol–water partition coefficient (Wildman–Crippen LogP) is 0.0994. The third-order valence-corrected chi connectivity index (χ3v) is 2.16. The van der Waals surface area contributed by atoms with Gasteiger partial charge in [0.2, 0.25) is 0 Å². The normalized spacial score (nSPS) is 12.9. The first-order valence-electron chi connectivity index (χ1n) is 4.76. The summed E-state index contributed by atoms with van der Waals surface area (Å²) < 4.78 is 1.88. The van der Waals surface area contributed by atoms with Crippen molar-refractivity contribution in [1.29, 1.82) is 0 Å². The maximum absolute atomic E-state index is 9.20. The zero-order chi connectivity index (χ0) is 10.7. The fourth-order valence-corrected chi connectivity index (χ4v) is 1.38. The van der Waals surface area contributed by atoms with Gasteiger partial charge < -0.3 is 15.5 Å². The van der Waals surface area contributed by atoms with Crippen LogP contribution in [0.3, 0.4) is 0 Å². The Morgan fingerprint density at radius 1 is 1.47 bits per heavy atom. The average Bonchev–Trinajstić information content (AvgIpc) is 2.74. The molecule has 2 heterocycles. The number of aliphatic hydroxyl groups excluding tert-OH is 2. The number of anilines is 1. The molecule has 0 amide bonds. The van der Waals surface area contributed by atoms with E-state index in [0.29, 0.717) is 6.54 Å². The number of aromatic nitrogens is 2. The number of pyridine rings is 1. The second-order valence-corrected chi connectivity index (χ2v) is 3.28. The topological polar surface area (TPSA) is 69.8 Å². The van der Waals surface area contributed by atoms with E-state index in [1.807, 2.05) is 28.8 Å². The van der Waals surface area contributed by atoms with Crippen molar-refractivity contribution < 1.29 is 10.2 Å². The number of imidazole rings is 1. The highest BCUT2D eigenvalue weighted by molar-refractivity contribution is 5.49. The summed E-state index contributed by atoms with van der Waals surface area (Å²) in [6.07, 6.45) is 2.80. The van der Waals surface area contributed by atoms with Crippen LogP contribution in [0.5, 0.6) is 0 Å². The summed E-state index contributed by atoms with van der Waals surface area (Å²) in [6, 6.07) is 5.67. The monoisotopic (exact) mass is 207 g/mol. The lowest BCUT2D eigenvalue weighted by Crippen LogP contribution is -2.23. The second-order valence-electron chi connectivity index (χ2n) is 3.28. The summed E-state index contributed by atoms with van der Waals surface area (Å²) in [5.41, 5.74) is 0.846. The number of hydrogen-bond donors (Lipinski definition) is 3. The maximum atomic E-state index is 9.20. The molecular formula is C10H13N3O2. The van der Waals surface area contributed by atoms with Crippen molar-refractivity contribution in [2.75, 3.05) is 18.5 Å². The third kappa shape index (κ3) is 2.08. The van der Waals surface area contributed by atoms with Crippen molar-refractivity contribution in [3.63, 3.8) is 0 Å². The molecular weight excluding hydrogens is 194 g/mol. The van der Waals surface area contributed by atoms with Crippen LogP contribution in [0, 0.1) is 0 Å². The number of nitrogens with zero attached hydrogens (tertiary/aromatic N) is 2.